The van der Waals surface area contributed by atoms with E-state index in [1.54, 1.807) is 19.2 Å². The van der Waals surface area contributed by atoms with E-state index in [0.717, 1.165) is 0 Å². The Labute approximate surface area is 131 Å². The summed E-state index contributed by atoms with van der Waals surface area (Å²) in [6.45, 7) is 0. The summed E-state index contributed by atoms with van der Waals surface area (Å²) in [7, 11) is 1.55. The van der Waals surface area contributed by atoms with Gasteiger partial charge in [0.2, 0.25) is 6.23 Å². The Morgan fingerprint density at radius 3 is 2.78 bits per heavy atom. The van der Waals surface area contributed by atoms with Gasteiger partial charge >= 0.3 is 5.97 Å². The van der Waals surface area contributed by atoms with Crippen LogP contribution in [0.5, 0.6) is 11.5 Å². The number of amidine groups is 1. The number of hydrogen-bond acceptors (Lipinski definition) is 6. The van der Waals surface area contributed by atoms with Crippen molar-refractivity contribution in [2.75, 3.05) is 7.11 Å². The summed E-state index contributed by atoms with van der Waals surface area (Å²) < 4.78 is 5.27. The fourth-order valence-electron chi connectivity index (χ4n) is 2.32. The fraction of sp³-hybridized carbons (Fsp3) is 0.125. The maximum atomic E-state index is 11.1. The van der Waals surface area contributed by atoms with Gasteiger partial charge in [0.05, 0.1) is 12.7 Å². The van der Waals surface area contributed by atoms with Crippen LogP contribution in [0.3, 0.4) is 0 Å². The SMILES string of the molecule is COc1ccccc1C1N=C(c2cccc(C(=O)O)c2O)NO1. The van der Waals surface area contributed by atoms with Gasteiger partial charge in [0.25, 0.3) is 0 Å². The van der Waals surface area contributed by atoms with E-state index in [9.17, 15) is 9.90 Å². The smallest absolute Gasteiger partial charge is 0.339 e. The first-order valence-corrected chi connectivity index (χ1v) is 6.80. The summed E-state index contributed by atoms with van der Waals surface area (Å²) in [6.07, 6.45) is -0.658. The number of carboxylic acids is 1. The van der Waals surface area contributed by atoms with Crippen molar-refractivity contribution >= 4 is 11.8 Å². The number of nitrogens with one attached hydrogen (secondary N) is 1. The molecule has 0 amide bonds. The van der Waals surface area contributed by atoms with Crippen molar-refractivity contribution in [1.29, 1.82) is 0 Å². The lowest BCUT2D eigenvalue weighted by Gasteiger charge is -2.10. The second-order valence-electron chi connectivity index (χ2n) is 4.80. The van der Waals surface area contributed by atoms with Crippen molar-refractivity contribution in [1.82, 2.24) is 5.48 Å². The lowest BCUT2D eigenvalue weighted by atomic mass is 10.1. The quantitative estimate of drug-likeness (QED) is 0.799. The molecule has 7 heteroatoms. The van der Waals surface area contributed by atoms with E-state index < -0.39 is 12.2 Å². The number of rotatable bonds is 4. The van der Waals surface area contributed by atoms with E-state index in [1.807, 2.05) is 18.2 Å². The van der Waals surface area contributed by atoms with E-state index in [-0.39, 0.29) is 22.7 Å². The molecule has 0 spiro atoms. The van der Waals surface area contributed by atoms with Crippen LogP contribution in [0, 0.1) is 0 Å². The van der Waals surface area contributed by atoms with Crippen LogP contribution in [0.25, 0.3) is 0 Å². The number of para-hydroxylation sites is 2. The largest absolute Gasteiger partial charge is 0.506 e. The molecule has 0 fully saturated rings. The third kappa shape index (κ3) is 2.69. The molecule has 23 heavy (non-hydrogen) atoms. The number of benzene rings is 2. The first-order valence-electron chi connectivity index (χ1n) is 6.80. The molecule has 1 aliphatic heterocycles. The Hall–Kier alpha value is -3.06. The molecule has 3 rings (SSSR count). The number of aliphatic imine (C=N–C) groups is 1. The number of aromatic carboxylic acids is 1. The molecule has 118 valence electrons. The van der Waals surface area contributed by atoms with E-state index >= 15 is 0 Å². The number of hydroxylamine groups is 1. The average molecular weight is 314 g/mol. The van der Waals surface area contributed by atoms with Crippen LogP contribution in [0.15, 0.2) is 47.5 Å². The standard InChI is InChI=1S/C16H14N2O5/c1-22-12-8-3-2-5-9(12)15-17-14(18-23-15)10-6-4-7-11(13(10)19)16(20)21/h2-8,15,19H,1H3,(H,17,18)(H,20,21). The van der Waals surface area contributed by atoms with Crippen molar-refractivity contribution < 1.29 is 24.6 Å². The molecule has 2 aromatic rings. The van der Waals surface area contributed by atoms with Crippen LogP contribution in [0.1, 0.15) is 27.7 Å². The minimum Gasteiger partial charge on any atom is -0.506 e. The Bertz CT molecular complexity index is 788. The summed E-state index contributed by atoms with van der Waals surface area (Å²) in [5.41, 5.74) is 3.39. The second kappa shape index (κ2) is 5.98. The molecule has 1 heterocycles. The molecule has 2 aromatic carbocycles. The summed E-state index contributed by atoms with van der Waals surface area (Å²) >= 11 is 0. The molecule has 3 N–H and O–H groups in total. The van der Waals surface area contributed by atoms with Gasteiger partial charge in [0.1, 0.15) is 17.1 Å². The minimum atomic E-state index is -1.22. The van der Waals surface area contributed by atoms with E-state index in [0.29, 0.717) is 11.3 Å². The van der Waals surface area contributed by atoms with Crippen LogP contribution in [-0.4, -0.2) is 29.1 Å². The zero-order valence-electron chi connectivity index (χ0n) is 12.2. The molecule has 1 atom stereocenters. The van der Waals surface area contributed by atoms with Crippen LogP contribution in [-0.2, 0) is 4.84 Å². The first kappa shape index (κ1) is 14.9. The number of carboxylic acid groups (broad SMARTS) is 1. The maximum Gasteiger partial charge on any atom is 0.339 e. The Morgan fingerprint density at radius 2 is 2.04 bits per heavy atom. The molecule has 0 bridgehead atoms. The number of ether oxygens (including phenoxy) is 1. The molecule has 0 saturated heterocycles. The summed E-state index contributed by atoms with van der Waals surface area (Å²) in [5, 5.41) is 19.2. The van der Waals surface area contributed by atoms with Crippen LogP contribution in [0.2, 0.25) is 0 Å². The number of phenols is 1. The molecular weight excluding hydrogens is 300 g/mol. The average Bonchev–Trinajstić information content (AvgIpc) is 3.04. The molecule has 0 aromatic heterocycles. The monoisotopic (exact) mass is 314 g/mol. The van der Waals surface area contributed by atoms with Crippen LogP contribution >= 0.6 is 0 Å². The number of nitrogens with zero attached hydrogens (tertiary/aromatic N) is 1. The minimum absolute atomic E-state index is 0.201. The zero-order valence-corrected chi connectivity index (χ0v) is 12.2. The van der Waals surface area contributed by atoms with Crippen molar-refractivity contribution in [3.8, 4) is 11.5 Å². The predicted molar refractivity (Wildman–Crippen MR) is 81.6 cm³/mol. The van der Waals surface area contributed by atoms with Gasteiger partial charge in [0.15, 0.2) is 5.84 Å². The highest BCUT2D eigenvalue weighted by Gasteiger charge is 2.26. The maximum absolute atomic E-state index is 11.1. The van der Waals surface area contributed by atoms with Crippen molar-refractivity contribution in [3.05, 3.63) is 59.2 Å². The molecule has 7 nitrogen and oxygen atoms in total. The van der Waals surface area contributed by atoms with Crippen LogP contribution in [0.4, 0.5) is 0 Å². The number of hydrogen-bond donors (Lipinski definition) is 3. The van der Waals surface area contributed by atoms with E-state index in [4.69, 9.17) is 14.7 Å². The lowest BCUT2D eigenvalue weighted by molar-refractivity contribution is 0.0362. The van der Waals surface area contributed by atoms with Crippen molar-refractivity contribution in [2.24, 2.45) is 4.99 Å². The number of aromatic hydroxyl groups is 1. The summed E-state index contributed by atoms with van der Waals surface area (Å²) in [4.78, 5) is 20.9. The predicted octanol–water partition coefficient (Wildman–Crippen LogP) is 2.08. The highest BCUT2D eigenvalue weighted by molar-refractivity contribution is 6.04. The summed E-state index contributed by atoms with van der Waals surface area (Å²) in [6, 6.07) is 11.7. The highest BCUT2D eigenvalue weighted by Crippen LogP contribution is 2.32. The Morgan fingerprint density at radius 1 is 1.26 bits per heavy atom. The van der Waals surface area contributed by atoms with Gasteiger partial charge in [-0.25, -0.2) is 20.1 Å². The summed E-state index contributed by atoms with van der Waals surface area (Å²) in [5.74, 6) is -0.713. The zero-order chi connectivity index (χ0) is 16.4. The van der Waals surface area contributed by atoms with Gasteiger partial charge in [-0.2, -0.15) is 0 Å². The van der Waals surface area contributed by atoms with Gasteiger partial charge < -0.3 is 14.9 Å². The number of methoxy groups -OCH3 is 1. The number of carbonyl (C=O) groups is 1. The molecule has 1 aliphatic rings. The topological polar surface area (TPSA) is 100 Å². The van der Waals surface area contributed by atoms with Gasteiger partial charge in [-0.1, -0.05) is 24.3 Å². The lowest BCUT2D eigenvalue weighted by Crippen LogP contribution is -2.19. The Balaban J connectivity index is 1.97. The molecule has 0 saturated carbocycles. The Kier molecular flexibility index (Phi) is 3.86. The van der Waals surface area contributed by atoms with Crippen LogP contribution < -0.4 is 10.2 Å². The molecule has 1 unspecified atom stereocenters. The third-order valence-corrected chi connectivity index (χ3v) is 3.44. The van der Waals surface area contributed by atoms with Crippen molar-refractivity contribution in [2.45, 2.75) is 6.23 Å². The van der Waals surface area contributed by atoms with Crippen molar-refractivity contribution in [3.63, 3.8) is 0 Å². The molecule has 0 radical (unpaired) electrons. The van der Waals surface area contributed by atoms with Gasteiger partial charge in [-0.15, -0.1) is 0 Å². The van der Waals surface area contributed by atoms with E-state index in [2.05, 4.69) is 10.5 Å². The van der Waals surface area contributed by atoms with Gasteiger partial charge in [-0.3, -0.25) is 0 Å². The second-order valence-corrected chi connectivity index (χ2v) is 4.80. The van der Waals surface area contributed by atoms with Gasteiger partial charge in [-0.05, 0) is 18.2 Å². The molecular formula is C16H14N2O5. The van der Waals surface area contributed by atoms with Gasteiger partial charge in [0, 0.05) is 5.56 Å². The molecule has 0 aliphatic carbocycles. The fourth-order valence-corrected chi connectivity index (χ4v) is 2.32. The highest BCUT2D eigenvalue weighted by atomic mass is 16.7. The normalized spacial score (nSPS) is 16.6. The third-order valence-electron chi connectivity index (χ3n) is 3.44. The van der Waals surface area contributed by atoms with E-state index in [1.165, 1.54) is 12.1 Å². The first-order chi connectivity index (χ1) is 11.1.